The molecule has 0 aliphatic heterocycles. The van der Waals surface area contributed by atoms with Gasteiger partial charge in [-0.25, -0.2) is 0 Å². The number of aliphatic hydroxyl groups excluding tert-OH is 1. The second kappa shape index (κ2) is 30.8. The lowest BCUT2D eigenvalue weighted by molar-refractivity contribution is -0.154. The summed E-state index contributed by atoms with van der Waals surface area (Å²) in [5, 5.41) is 9.49. The lowest BCUT2D eigenvalue weighted by Crippen LogP contribution is -2.27. The van der Waals surface area contributed by atoms with Crippen LogP contribution in [0.15, 0.2) is 36.5 Å². The van der Waals surface area contributed by atoms with Crippen LogP contribution in [0.4, 0.5) is 0 Å². The maximum atomic E-state index is 12.0. The van der Waals surface area contributed by atoms with Gasteiger partial charge in [-0.1, -0.05) is 127 Å². The van der Waals surface area contributed by atoms with Gasteiger partial charge >= 0.3 is 5.97 Å². The molecule has 0 heterocycles. The fourth-order valence-electron chi connectivity index (χ4n) is 4.16. The third kappa shape index (κ3) is 29.0. The summed E-state index contributed by atoms with van der Waals surface area (Å²) >= 11 is 0. The largest absolute Gasteiger partial charge is 0.457 e. The van der Waals surface area contributed by atoms with Crippen molar-refractivity contribution in [1.82, 2.24) is 0 Å². The molecule has 0 aliphatic carbocycles. The van der Waals surface area contributed by atoms with Gasteiger partial charge in [0.2, 0.25) is 0 Å². The van der Waals surface area contributed by atoms with Crippen molar-refractivity contribution in [2.24, 2.45) is 0 Å². The number of rotatable bonds is 28. The Morgan fingerprint density at radius 1 is 0.676 bits per heavy atom. The fraction of sp³-hybridized carbons (Fsp3) is 0.788. The average molecular weight is 521 g/mol. The lowest BCUT2D eigenvalue weighted by Gasteiger charge is -2.15. The van der Waals surface area contributed by atoms with E-state index < -0.39 is 6.10 Å². The van der Waals surface area contributed by atoms with Crippen LogP contribution in [0.5, 0.6) is 0 Å². The molecule has 1 N–H and O–H groups in total. The van der Waals surface area contributed by atoms with Crippen molar-refractivity contribution in [2.45, 2.75) is 148 Å². The molecule has 37 heavy (non-hydrogen) atoms. The summed E-state index contributed by atoms with van der Waals surface area (Å²) < 4.78 is 11.0. The summed E-state index contributed by atoms with van der Waals surface area (Å²) in [5.74, 6) is -0.231. The first kappa shape index (κ1) is 35.6. The molecule has 0 aromatic carbocycles. The summed E-state index contributed by atoms with van der Waals surface area (Å²) in [4.78, 5) is 12.0. The summed E-state index contributed by atoms with van der Waals surface area (Å²) in [5.41, 5.74) is 0. The number of unbranched alkanes of at least 4 members (excludes halogenated alkanes) is 14. The van der Waals surface area contributed by atoms with Gasteiger partial charge < -0.3 is 14.6 Å². The van der Waals surface area contributed by atoms with E-state index in [4.69, 9.17) is 9.47 Å². The molecular weight excluding hydrogens is 460 g/mol. The van der Waals surface area contributed by atoms with Crippen LogP contribution < -0.4 is 0 Å². The Kier molecular flexibility index (Phi) is 29.7. The predicted molar refractivity (Wildman–Crippen MR) is 159 cm³/mol. The molecule has 0 radical (unpaired) electrons. The average Bonchev–Trinajstić information content (AvgIpc) is 2.90. The van der Waals surface area contributed by atoms with Gasteiger partial charge in [0.05, 0.1) is 13.2 Å². The Balaban J connectivity index is 3.52. The molecule has 216 valence electrons. The van der Waals surface area contributed by atoms with Crippen molar-refractivity contribution in [3.63, 3.8) is 0 Å². The fourth-order valence-corrected chi connectivity index (χ4v) is 4.16. The SMILES string of the molecule is CC/C=C\C/C=C\C/C=C\CCCCCC(=O)OC(CO)COCCCCCCCCCCCCCC. The van der Waals surface area contributed by atoms with Gasteiger partial charge in [-0.2, -0.15) is 0 Å². The first-order valence-corrected chi connectivity index (χ1v) is 15.6. The normalized spacial score (nSPS) is 12.8. The zero-order chi connectivity index (χ0) is 27.1. The number of ether oxygens (including phenoxy) is 2. The maximum Gasteiger partial charge on any atom is 0.306 e. The van der Waals surface area contributed by atoms with E-state index in [0.29, 0.717) is 13.0 Å². The van der Waals surface area contributed by atoms with E-state index in [2.05, 4.69) is 50.3 Å². The predicted octanol–water partition coefficient (Wildman–Crippen LogP) is 9.42. The lowest BCUT2D eigenvalue weighted by atomic mass is 10.1. The molecule has 1 atom stereocenters. The highest BCUT2D eigenvalue weighted by molar-refractivity contribution is 5.69. The molecule has 0 amide bonds. The van der Waals surface area contributed by atoms with Gasteiger partial charge in [-0.15, -0.1) is 0 Å². The topological polar surface area (TPSA) is 55.8 Å². The van der Waals surface area contributed by atoms with Crippen LogP contribution >= 0.6 is 0 Å². The van der Waals surface area contributed by atoms with Crippen molar-refractivity contribution in [2.75, 3.05) is 19.8 Å². The number of hydrogen-bond donors (Lipinski definition) is 1. The van der Waals surface area contributed by atoms with Crippen molar-refractivity contribution in [3.05, 3.63) is 36.5 Å². The van der Waals surface area contributed by atoms with Crippen molar-refractivity contribution >= 4 is 5.97 Å². The van der Waals surface area contributed by atoms with Gasteiger partial charge in [-0.3, -0.25) is 4.79 Å². The molecule has 0 fully saturated rings. The molecule has 0 saturated carbocycles. The Morgan fingerprint density at radius 3 is 1.81 bits per heavy atom. The molecule has 4 nitrogen and oxygen atoms in total. The molecule has 0 aromatic rings. The van der Waals surface area contributed by atoms with Crippen molar-refractivity contribution < 1.29 is 19.4 Å². The number of hydrogen-bond acceptors (Lipinski definition) is 4. The van der Waals surface area contributed by atoms with E-state index in [1.807, 2.05) is 0 Å². The van der Waals surface area contributed by atoms with Gasteiger partial charge in [0.1, 0.15) is 6.10 Å². The van der Waals surface area contributed by atoms with E-state index >= 15 is 0 Å². The smallest absolute Gasteiger partial charge is 0.306 e. The Morgan fingerprint density at radius 2 is 1.22 bits per heavy atom. The monoisotopic (exact) mass is 520 g/mol. The number of carbonyl (C=O) groups excluding carboxylic acids is 1. The van der Waals surface area contributed by atoms with E-state index in [1.54, 1.807) is 0 Å². The van der Waals surface area contributed by atoms with Crippen LogP contribution in [0.3, 0.4) is 0 Å². The summed E-state index contributed by atoms with van der Waals surface area (Å²) in [7, 11) is 0. The minimum atomic E-state index is -0.543. The van der Waals surface area contributed by atoms with Crippen LogP contribution in [0.25, 0.3) is 0 Å². The number of aliphatic hydroxyl groups is 1. The molecule has 0 aromatic heterocycles. The van der Waals surface area contributed by atoms with Crippen molar-refractivity contribution in [1.29, 1.82) is 0 Å². The summed E-state index contributed by atoms with van der Waals surface area (Å²) in [6.45, 7) is 5.19. The zero-order valence-corrected chi connectivity index (χ0v) is 24.5. The van der Waals surface area contributed by atoms with Crippen molar-refractivity contribution in [3.8, 4) is 0 Å². The molecule has 0 aliphatic rings. The molecule has 4 heteroatoms. The second-order valence-corrected chi connectivity index (χ2v) is 10.2. The van der Waals surface area contributed by atoms with E-state index in [0.717, 1.165) is 51.4 Å². The summed E-state index contributed by atoms with van der Waals surface area (Å²) in [6.07, 6.45) is 36.0. The maximum absolute atomic E-state index is 12.0. The minimum Gasteiger partial charge on any atom is -0.457 e. The molecule has 0 saturated heterocycles. The Bertz CT molecular complexity index is 553. The van der Waals surface area contributed by atoms with Gasteiger partial charge in [-0.05, 0) is 44.9 Å². The highest BCUT2D eigenvalue weighted by Crippen LogP contribution is 2.12. The third-order valence-electron chi connectivity index (χ3n) is 6.48. The van der Waals surface area contributed by atoms with E-state index in [-0.39, 0.29) is 19.2 Å². The number of esters is 1. The number of carbonyl (C=O) groups is 1. The van der Waals surface area contributed by atoms with Gasteiger partial charge in [0, 0.05) is 13.0 Å². The van der Waals surface area contributed by atoms with Crippen LogP contribution in [0.1, 0.15) is 142 Å². The van der Waals surface area contributed by atoms with Crippen LogP contribution in [-0.4, -0.2) is 37.0 Å². The van der Waals surface area contributed by atoms with Crippen LogP contribution in [-0.2, 0) is 14.3 Å². The second-order valence-electron chi connectivity index (χ2n) is 10.2. The zero-order valence-electron chi connectivity index (χ0n) is 24.5. The van der Waals surface area contributed by atoms with Gasteiger partial charge in [0.25, 0.3) is 0 Å². The molecule has 0 spiro atoms. The van der Waals surface area contributed by atoms with E-state index in [9.17, 15) is 9.90 Å². The molecule has 1 unspecified atom stereocenters. The summed E-state index contributed by atoms with van der Waals surface area (Å²) in [6, 6.07) is 0. The molecule has 0 rings (SSSR count). The minimum absolute atomic E-state index is 0.182. The third-order valence-corrected chi connectivity index (χ3v) is 6.48. The first-order valence-electron chi connectivity index (χ1n) is 15.6. The van der Waals surface area contributed by atoms with E-state index in [1.165, 1.54) is 70.6 Å². The van der Waals surface area contributed by atoms with Gasteiger partial charge in [0.15, 0.2) is 0 Å². The highest BCUT2D eigenvalue weighted by Gasteiger charge is 2.13. The molecular formula is C33H60O4. The highest BCUT2D eigenvalue weighted by atomic mass is 16.6. The molecule has 0 bridgehead atoms. The Labute approximate surface area is 230 Å². The quantitative estimate of drug-likeness (QED) is 0.0634. The first-order chi connectivity index (χ1) is 18.2. The Hall–Kier alpha value is -1.39. The number of allylic oxidation sites excluding steroid dienone is 6. The van der Waals surface area contributed by atoms with Crippen LogP contribution in [0.2, 0.25) is 0 Å². The van der Waals surface area contributed by atoms with Crippen LogP contribution in [0, 0.1) is 0 Å². The standard InChI is InChI=1S/C33H60O4/c1-3-5-7-9-11-13-15-17-18-20-22-24-26-28-33(35)37-32(30-34)31-36-29-27-25-23-21-19-16-14-12-10-8-6-4-2/h5,7,11,13,17-18,32,34H,3-4,6,8-10,12,14-16,19-31H2,1-2H3/b7-5-,13-11-,18-17-.